The molecule has 4 heteroatoms. The maximum absolute atomic E-state index is 12.7. The highest BCUT2D eigenvalue weighted by Gasteiger charge is 2.22. The van der Waals surface area contributed by atoms with E-state index in [2.05, 4.69) is 12.2 Å². The monoisotopic (exact) mass is 336 g/mol. The highest BCUT2D eigenvalue weighted by Crippen LogP contribution is 2.20. The van der Waals surface area contributed by atoms with Crippen LogP contribution < -0.4 is 5.32 Å². The lowest BCUT2D eigenvalue weighted by Crippen LogP contribution is -2.29. The molecule has 0 bridgehead atoms. The van der Waals surface area contributed by atoms with E-state index in [0.717, 1.165) is 31.5 Å². The Morgan fingerprint density at radius 2 is 1.72 bits per heavy atom. The van der Waals surface area contributed by atoms with Crippen molar-refractivity contribution in [2.24, 2.45) is 0 Å². The van der Waals surface area contributed by atoms with Crippen molar-refractivity contribution in [3.05, 3.63) is 64.7 Å². The van der Waals surface area contributed by atoms with Crippen LogP contribution in [0, 0.1) is 13.8 Å². The van der Waals surface area contributed by atoms with E-state index in [1.165, 1.54) is 11.1 Å². The Kier molecular flexibility index (Phi) is 5.17. The Hall–Kier alpha value is -2.62. The summed E-state index contributed by atoms with van der Waals surface area (Å²) in [5.74, 6) is -0.107. The Bertz CT molecular complexity index is 792. The van der Waals surface area contributed by atoms with E-state index >= 15 is 0 Å². The molecule has 1 aliphatic heterocycles. The van der Waals surface area contributed by atoms with Crippen LogP contribution in [-0.2, 0) is 11.2 Å². The number of likely N-dealkylation sites (tertiary alicyclic amines) is 1. The number of rotatable bonds is 4. The summed E-state index contributed by atoms with van der Waals surface area (Å²) in [5.41, 5.74) is 4.52. The summed E-state index contributed by atoms with van der Waals surface area (Å²) in [5, 5.41) is 2.91. The largest absolute Gasteiger partial charge is 0.339 e. The summed E-state index contributed by atoms with van der Waals surface area (Å²) < 4.78 is 0. The molecule has 2 aromatic carbocycles. The lowest BCUT2D eigenvalue weighted by molar-refractivity contribution is -0.115. The maximum Gasteiger partial charge on any atom is 0.255 e. The van der Waals surface area contributed by atoms with Gasteiger partial charge in [-0.25, -0.2) is 0 Å². The second-order valence-corrected chi connectivity index (χ2v) is 6.69. The van der Waals surface area contributed by atoms with Crippen LogP contribution in [0.4, 0.5) is 5.69 Å². The van der Waals surface area contributed by atoms with Gasteiger partial charge in [0.1, 0.15) is 0 Å². The van der Waals surface area contributed by atoms with Crippen LogP contribution >= 0.6 is 0 Å². The fourth-order valence-electron chi connectivity index (χ4n) is 3.16. The van der Waals surface area contributed by atoms with E-state index in [9.17, 15) is 9.59 Å². The summed E-state index contributed by atoms with van der Waals surface area (Å²) in [7, 11) is 0. The number of carbonyl (C=O) groups excluding carboxylic acids is 2. The molecule has 0 spiro atoms. The van der Waals surface area contributed by atoms with Crippen LogP contribution in [0.2, 0.25) is 0 Å². The minimum atomic E-state index is -0.107. The number of aryl methyl sites for hydroxylation is 2. The van der Waals surface area contributed by atoms with Gasteiger partial charge >= 0.3 is 0 Å². The molecule has 0 unspecified atom stereocenters. The molecular weight excluding hydrogens is 312 g/mol. The van der Waals surface area contributed by atoms with E-state index in [4.69, 9.17) is 0 Å². The van der Waals surface area contributed by atoms with Crippen LogP contribution in [-0.4, -0.2) is 29.8 Å². The first kappa shape index (κ1) is 17.2. The zero-order valence-corrected chi connectivity index (χ0v) is 14.8. The summed E-state index contributed by atoms with van der Waals surface area (Å²) in [6, 6.07) is 13.3. The molecule has 0 atom stereocenters. The minimum absolute atomic E-state index is 0.000389. The molecule has 0 aliphatic carbocycles. The predicted octanol–water partition coefficient (Wildman–Crippen LogP) is 3.72. The van der Waals surface area contributed by atoms with Crippen LogP contribution in [0.1, 0.15) is 39.9 Å². The molecule has 1 fully saturated rings. The highest BCUT2D eigenvalue weighted by atomic mass is 16.2. The molecule has 2 amide bonds. The molecular formula is C21H24N2O2. The third-order valence-corrected chi connectivity index (χ3v) is 4.76. The zero-order valence-electron chi connectivity index (χ0n) is 14.8. The third-order valence-electron chi connectivity index (χ3n) is 4.76. The number of hydrogen-bond donors (Lipinski definition) is 1. The van der Waals surface area contributed by atoms with Gasteiger partial charge in [0.25, 0.3) is 5.91 Å². The second-order valence-electron chi connectivity index (χ2n) is 6.69. The van der Waals surface area contributed by atoms with Crippen molar-refractivity contribution in [3.63, 3.8) is 0 Å². The van der Waals surface area contributed by atoms with Gasteiger partial charge in [-0.15, -0.1) is 0 Å². The van der Waals surface area contributed by atoms with Gasteiger partial charge in [-0.05, 0) is 55.5 Å². The normalized spacial score (nSPS) is 13.8. The molecule has 1 aliphatic rings. The van der Waals surface area contributed by atoms with Gasteiger partial charge in [-0.2, -0.15) is 0 Å². The molecule has 0 radical (unpaired) electrons. The first-order valence-corrected chi connectivity index (χ1v) is 8.79. The number of nitrogens with one attached hydrogen (secondary N) is 1. The Morgan fingerprint density at radius 3 is 2.44 bits per heavy atom. The van der Waals surface area contributed by atoms with Crippen molar-refractivity contribution in [2.75, 3.05) is 18.4 Å². The molecule has 0 aromatic heterocycles. The molecule has 130 valence electrons. The average molecular weight is 336 g/mol. The molecule has 2 aromatic rings. The molecule has 25 heavy (non-hydrogen) atoms. The fourth-order valence-corrected chi connectivity index (χ4v) is 3.16. The van der Waals surface area contributed by atoms with Gasteiger partial charge < -0.3 is 10.2 Å². The lowest BCUT2D eigenvalue weighted by Gasteiger charge is -2.18. The number of benzene rings is 2. The van der Waals surface area contributed by atoms with Gasteiger partial charge in [-0.1, -0.05) is 30.3 Å². The summed E-state index contributed by atoms with van der Waals surface area (Å²) >= 11 is 0. The fraction of sp³-hybridized carbons (Fsp3) is 0.333. The molecule has 3 rings (SSSR count). The SMILES string of the molecule is Cc1ccc(CC(=O)Nc2ccccc2C(=O)N2CCCC2)cc1C. The van der Waals surface area contributed by atoms with E-state index in [1.54, 1.807) is 12.1 Å². The number of hydrogen-bond acceptors (Lipinski definition) is 2. The highest BCUT2D eigenvalue weighted by molar-refractivity contribution is 6.04. The van der Waals surface area contributed by atoms with Gasteiger partial charge in [0, 0.05) is 13.1 Å². The number of nitrogens with zero attached hydrogens (tertiary/aromatic N) is 1. The van der Waals surface area contributed by atoms with Crippen molar-refractivity contribution in [1.29, 1.82) is 0 Å². The van der Waals surface area contributed by atoms with Gasteiger partial charge in [0.15, 0.2) is 0 Å². The molecule has 4 nitrogen and oxygen atoms in total. The van der Waals surface area contributed by atoms with Crippen LogP contribution in [0.25, 0.3) is 0 Å². The molecule has 1 heterocycles. The van der Waals surface area contributed by atoms with Gasteiger partial charge in [-0.3, -0.25) is 9.59 Å². The molecule has 1 saturated heterocycles. The zero-order chi connectivity index (χ0) is 17.8. The van der Waals surface area contributed by atoms with E-state index < -0.39 is 0 Å². The van der Waals surface area contributed by atoms with Crippen molar-refractivity contribution >= 4 is 17.5 Å². The predicted molar refractivity (Wildman–Crippen MR) is 99.8 cm³/mol. The van der Waals surface area contributed by atoms with Crippen molar-refractivity contribution in [3.8, 4) is 0 Å². The summed E-state index contributed by atoms with van der Waals surface area (Å²) in [4.78, 5) is 27.0. The van der Waals surface area contributed by atoms with E-state index in [-0.39, 0.29) is 11.8 Å². The van der Waals surface area contributed by atoms with Crippen molar-refractivity contribution in [1.82, 2.24) is 4.90 Å². The minimum Gasteiger partial charge on any atom is -0.339 e. The second kappa shape index (κ2) is 7.51. The van der Waals surface area contributed by atoms with Gasteiger partial charge in [0.05, 0.1) is 17.7 Å². The van der Waals surface area contributed by atoms with Crippen molar-refractivity contribution in [2.45, 2.75) is 33.1 Å². The summed E-state index contributed by atoms with van der Waals surface area (Å²) in [6.45, 7) is 5.69. The Morgan fingerprint density at radius 1 is 1.00 bits per heavy atom. The van der Waals surface area contributed by atoms with Crippen LogP contribution in [0.15, 0.2) is 42.5 Å². The average Bonchev–Trinajstić information content (AvgIpc) is 3.12. The van der Waals surface area contributed by atoms with E-state index in [0.29, 0.717) is 17.7 Å². The number of carbonyl (C=O) groups is 2. The topological polar surface area (TPSA) is 49.4 Å². The molecule has 1 N–H and O–H groups in total. The number of amides is 2. The Balaban J connectivity index is 1.72. The molecule has 0 saturated carbocycles. The lowest BCUT2D eigenvalue weighted by atomic mass is 10.0. The first-order chi connectivity index (χ1) is 12.0. The van der Waals surface area contributed by atoms with Gasteiger partial charge in [0.2, 0.25) is 5.91 Å². The van der Waals surface area contributed by atoms with E-state index in [1.807, 2.05) is 42.2 Å². The third kappa shape index (κ3) is 4.08. The van der Waals surface area contributed by atoms with Crippen molar-refractivity contribution < 1.29 is 9.59 Å². The quantitative estimate of drug-likeness (QED) is 0.925. The number of anilines is 1. The maximum atomic E-state index is 12.7. The number of para-hydroxylation sites is 1. The first-order valence-electron chi connectivity index (χ1n) is 8.79. The Labute approximate surface area is 148 Å². The standard InChI is InChI=1S/C21H24N2O2/c1-15-9-10-17(13-16(15)2)14-20(24)22-19-8-4-3-7-18(19)21(25)23-11-5-6-12-23/h3-4,7-10,13H,5-6,11-12,14H2,1-2H3,(H,22,24). The smallest absolute Gasteiger partial charge is 0.255 e. The van der Waals surface area contributed by atoms with Crippen LogP contribution in [0.5, 0.6) is 0 Å². The van der Waals surface area contributed by atoms with Crippen LogP contribution in [0.3, 0.4) is 0 Å². The summed E-state index contributed by atoms with van der Waals surface area (Å²) in [6.07, 6.45) is 2.40.